The first-order valence-electron chi connectivity index (χ1n) is 3.34. The first-order chi connectivity index (χ1) is 5.54. The smallest absolute Gasteiger partial charge is 0.330 e. The highest BCUT2D eigenvalue weighted by atomic mass is 16.4. The van der Waals surface area contributed by atoms with Gasteiger partial charge in [-0.25, -0.2) is 9.59 Å². The first kappa shape index (κ1) is 10.4. The van der Waals surface area contributed by atoms with E-state index in [0.29, 0.717) is 6.42 Å². The highest BCUT2D eigenvalue weighted by Crippen LogP contribution is 2.02. The van der Waals surface area contributed by atoms with Gasteiger partial charge in [0, 0.05) is 11.6 Å². The summed E-state index contributed by atoms with van der Waals surface area (Å²) < 4.78 is 0. The number of carboxylic acid groups (broad SMARTS) is 2. The molecular formula is C8H10O4. The summed E-state index contributed by atoms with van der Waals surface area (Å²) in [5, 5.41) is 16.5. The lowest BCUT2D eigenvalue weighted by Crippen LogP contribution is -1.97. The Kier molecular flexibility index (Phi) is 4.45. The van der Waals surface area contributed by atoms with Crippen molar-refractivity contribution in [2.24, 2.45) is 0 Å². The van der Waals surface area contributed by atoms with E-state index in [9.17, 15) is 9.59 Å². The fraction of sp³-hybridized carbons (Fsp3) is 0.250. The van der Waals surface area contributed by atoms with Crippen LogP contribution < -0.4 is 0 Å². The summed E-state index contributed by atoms with van der Waals surface area (Å²) in [5.41, 5.74) is 0.0880. The largest absolute Gasteiger partial charge is 0.478 e. The van der Waals surface area contributed by atoms with Crippen molar-refractivity contribution in [3.8, 4) is 0 Å². The van der Waals surface area contributed by atoms with Crippen molar-refractivity contribution in [2.45, 2.75) is 12.8 Å². The SMILES string of the molecule is C=C(CCC=CC(=O)O)C(=O)O. The van der Waals surface area contributed by atoms with Crippen molar-refractivity contribution in [2.75, 3.05) is 0 Å². The molecule has 0 saturated heterocycles. The summed E-state index contributed by atoms with van der Waals surface area (Å²) in [6.45, 7) is 3.29. The molecule has 4 nitrogen and oxygen atoms in total. The summed E-state index contributed by atoms with van der Waals surface area (Å²) in [4.78, 5) is 20.1. The Hall–Kier alpha value is -1.58. The Morgan fingerprint density at radius 2 is 1.92 bits per heavy atom. The lowest BCUT2D eigenvalue weighted by atomic mass is 10.1. The van der Waals surface area contributed by atoms with E-state index < -0.39 is 11.9 Å². The molecule has 0 rings (SSSR count). The summed E-state index contributed by atoms with van der Waals surface area (Å²) in [6.07, 6.45) is 3.04. The van der Waals surface area contributed by atoms with Gasteiger partial charge in [0.2, 0.25) is 0 Å². The van der Waals surface area contributed by atoms with Gasteiger partial charge in [0.15, 0.2) is 0 Å². The van der Waals surface area contributed by atoms with Crippen molar-refractivity contribution >= 4 is 11.9 Å². The van der Waals surface area contributed by atoms with Crippen molar-refractivity contribution in [1.29, 1.82) is 0 Å². The quantitative estimate of drug-likeness (QED) is 0.604. The molecule has 0 aromatic carbocycles. The van der Waals surface area contributed by atoms with Crippen molar-refractivity contribution < 1.29 is 19.8 Å². The maximum atomic E-state index is 10.2. The highest BCUT2D eigenvalue weighted by Gasteiger charge is 2.00. The zero-order chi connectivity index (χ0) is 9.56. The van der Waals surface area contributed by atoms with Gasteiger partial charge in [-0.15, -0.1) is 0 Å². The van der Waals surface area contributed by atoms with E-state index in [-0.39, 0.29) is 12.0 Å². The van der Waals surface area contributed by atoms with Gasteiger partial charge in [0.1, 0.15) is 0 Å². The molecule has 0 aromatic heterocycles. The standard InChI is InChI=1S/C8H10O4/c1-6(8(11)12)4-2-3-5-7(9)10/h3,5H,1-2,4H2,(H,9,10)(H,11,12). The van der Waals surface area contributed by atoms with Crippen LogP contribution in [0.1, 0.15) is 12.8 Å². The first-order valence-corrected chi connectivity index (χ1v) is 3.34. The van der Waals surface area contributed by atoms with Gasteiger partial charge in [-0.2, -0.15) is 0 Å². The van der Waals surface area contributed by atoms with Crippen molar-refractivity contribution in [3.63, 3.8) is 0 Å². The van der Waals surface area contributed by atoms with Gasteiger partial charge in [-0.3, -0.25) is 0 Å². The second-order valence-corrected chi connectivity index (χ2v) is 2.19. The number of rotatable bonds is 5. The summed E-state index contributed by atoms with van der Waals surface area (Å²) >= 11 is 0. The fourth-order valence-corrected chi connectivity index (χ4v) is 0.549. The molecule has 0 fully saturated rings. The molecule has 12 heavy (non-hydrogen) atoms. The average Bonchev–Trinajstić information content (AvgIpc) is 1.97. The van der Waals surface area contributed by atoms with E-state index >= 15 is 0 Å². The maximum Gasteiger partial charge on any atom is 0.330 e. The molecule has 0 radical (unpaired) electrons. The van der Waals surface area contributed by atoms with Crippen molar-refractivity contribution in [1.82, 2.24) is 0 Å². The van der Waals surface area contributed by atoms with E-state index in [1.165, 1.54) is 6.08 Å². The lowest BCUT2D eigenvalue weighted by Gasteiger charge is -1.93. The number of aliphatic carboxylic acids is 2. The van der Waals surface area contributed by atoms with Crippen LogP contribution in [0.15, 0.2) is 24.3 Å². The Morgan fingerprint density at radius 3 is 2.33 bits per heavy atom. The van der Waals surface area contributed by atoms with E-state index in [1.807, 2.05) is 0 Å². The zero-order valence-electron chi connectivity index (χ0n) is 6.49. The molecule has 0 aliphatic rings. The molecule has 0 atom stereocenters. The minimum absolute atomic E-state index is 0.0880. The van der Waals surface area contributed by atoms with Gasteiger partial charge < -0.3 is 10.2 Å². The molecule has 0 saturated carbocycles. The molecule has 0 amide bonds. The van der Waals surface area contributed by atoms with Gasteiger partial charge in [0.05, 0.1) is 0 Å². The third-order valence-electron chi connectivity index (χ3n) is 1.18. The van der Waals surface area contributed by atoms with Crippen LogP contribution in [-0.4, -0.2) is 22.2 Å². The third-order valence-corrected chi connectivity index (χ3v) is 1.18. The molecule has 0 unspecified atom stereocenters. The Morgan fingerprint density at radius 1 is 1.33 bits per heavy atom. The topological polar surface area (TPSA) is 74.6 Å². The molecule has 4 heteroatoms. The Labute approximate surface area is 69.8 Å². The number of hydrogen-bond acceptors (Lipinski definition) is 2. The van der Waals surface area contributed by atoms with Gasteiger partial charge in [-0.05, 0) is 12.8 Å². The van der Waals surface area contributed by atoms with E-state index in [4.69, 9.17) is 10.2 Å². The van der Waals surface area contributed by atoms with E-state index in [0.717, 1.165) is 6.08 Å². The molecule has 0 aliphatic carbocycles. The summed E-state index contributed by atoms with van der Waals surface area (Å²) in [5.74, 6) is -2.07. The maximum absolute atomic E-state index is 10.2. The number of carboxylic acids is 2. The summed E-state index contributed by atoms with van der Waals surface area (Å²) in [6, 6.07) is 0. The Balaban J connectivity index is 3.64. The monoisotopic (exact) mass is 170 g/mol. The molecule has 0 spiro atoms. The van der Waals surface area contributed by atoms with Crippen LogP contribution in [0, 0.1) is 0 Å². The predicted octanol–water partition coefficient (Wildman–Crippen LogP) is 1.05. The van der Waals surface area contributed by atoms with E-state index in [1.54, 1.807) is 0 Å². The summed E-state index contributed by atoms with van der Waals surface area (Å²) in [7, 11) is 0. The highest BCUT2D eigenvalue weighted by molar-refractivity contribution is 5.85. The molecule has 66 valence electrons. The van der Waals surface area contributed by atoms with Crippen LogP contribution in [0.25, 0.3) is 0 Å². The van der Waals surface area contributed by atoms with Crippen LogP contribution in [0.4, 0.5) is 0 Å². The molecule has 0 bridgehead atoms. The number of carbonyl (C=O) groups is 2. The van der Waals surface area contributed by atoms with Crippen LogP contribution in [0.3, 0.4) is 0 Å². The molecule has 0 aliphatic heterocycles. The zero-order valence-corrected chi connectivity index (χ0v) is 6.49. The van der Waals surface area contributed by atoms with Gasteiger partial charge in [0.25, 0.3) is 0 Å². The lowest BCUT2D eigenvalue weighted by molar-refractivity contribution is -0.133. The minimum Gasteiger partial charge on any atom is -0.478 e. The van der Waals surface area contributed by atoms with Crippen LogP contribution in [0.2, 0.25) is 0 Å². The number of hydrogen-bond donors (Lipinski definition) is 2. The predicted molar refractivity (Wildman–Crippen MR) is 42.8 cm³/mol. The van der Waals surface area contributed by atoms with Crippen LogP contribution in [0.5, 0.6) is 0 Å². The fourth-order valence-electron chi connectivity index (χ4n) is 0.549. The molecule has 0 heterocycles. The second-order valence-electron chi connectivity index (χ2n) is 2.19. The van der Waals surface area contributed by atoms with Crippen LogP contribution in [-0.2, 0) is 9.59 Å². The van der Waals surface area contributed by atoms with E-state index in [2.05, 4.69) is 6.58 Å². The van der Waals surface area contributed by atoms with Gasteiger partial charge >= 0.3 is 11.9 Å². The van der Waals surface area contributed by atoms with Crippen LogP contribution >= 0.6 is 0 Å². The van der Waals surface area contributed by atoms with Crippen molar-refractivity contribution in [3.05, 3.63) is 24.3 Å². The van der Waals surface area contributed by atoms with Gasteiger partial charge in [-0.1, -0.05) is 12.7 Å². The number of allylic oxidation sites excluding steroid dienone is 1. The third kappa shape index (κ3) is 5.22. The normalized spacial score (nSPS) is 10.0. The molecule has 2 N–H and O–H groups in total. The molecular weight excluding hydrogens is 160 g/mol. The second kappa shape index (κ2) is 5.12. The Bertz CT molecular complexity index is 227. The minimum atomic E-state index is -1.04. The molecule has 0 aromatic rings. The average molecular weight is 170 g/mol.